The lowest BCUT2D eigenvalue weighted by Crippen LogP contribution is -2.09. The van der Waals surface area contributed by atoms with Crippen molar-refractivity contribution in [1.29, 1.82) is 5.26 Å². The average molecular weight is 327 g/mol. The molecule has 1 nitrogen and oxygen atoms in total. The van der Waals surface area contributed by atoms with E-state index in [1.165, 1.54) is 18.2 Å². The summed E-state index contributed by atoms with van der Waals surface area (Å²) in [5.74, 6) is -1.70. The average Bonchev–Trinajstić information content (AvgIpc) is 2.55. The van der Waals surface area contributed by atoms with Crippen molar-refractivity contribution in [2.45, 2.75) is 32.6 Å². The Bertz CT molecular complexity index is 852. The summed E-state index contributed by atoms with van der Waals surface area (Å²) < 4.78 is 43.0. The molecule has 0 radical (unpaired) electrons. The fourth-order valence-corrected chi connectivity index (χ4v) is 3.19. The van der Waals surface area contributed by atoms with Gasteiger partial charge in [0.05, 0.1) is 5.56 Å². The monoisotopic (exact) mass is 327 g/mol. The number of hydrogen-bond donors (Lipinski definition) is 0. The summed E-state index contributed by atoms with van der Waals surface area (Å²) in [5.41, 5.74) is 2.21. The zero-order valence-corrected chi connectivity index (χ0v) is 13.3. The van der Waals surface area contributed by atoms with Gasteiger partial charge >= 0.3 is 0 Å². The fourth-order valence-electron chi connectivity index (χ4n) is 3.19. The molecule has 0 fully saturated rings. The number of halogens is 3. The van der Waals surface area contributed by atoms with E-state index in [0.29, 0.717) is 28.7 Å². The number of nitriles is 1. The quantitative estimate of drug-likeness (QED) is 0.768. The molecule has 2 aromatic carbocycles. The van der Waals surface area contributed by atoms with Crippen LogP contribution in [0.3, 0.4) is 0 Å². The molecule has 0 saturated carbocycles. The van der Waals surface area contributed by atoms with E-state index in [9.17, 15) is 13.2 Å². The number of aryl methyl sites for hydroxylation is 1. The SMILES string of the molecule is CCCc1cc(F)c(C2=CCc3c(ccc(C#N)c3F)C2)c(F)c1. The second-order valence-corrected chi connectivity index (χ2v) is 5.97. The lowest BCUT2D eigenvalue weighted by atomic mass is 9.86. The summed E-state index contributed by atoms with van der Waals surface area (Å²) in [5, 5.41) is 8.89. The van der Waals surface area contributed by atoms with Crippen LogP contribution in [0, 0.1) is 28.8 Å². The molecular weight excluding hydrogens is 311 g/mol. The van der Waals surface area contributed by atoms with E-state index >= 15 is 0 Å². The van der Waals surface area contributed by atoms with E-state index in [2.05, 4.69) is 0 Å². The smallest absolute Gasteiger partial charge is 0.144 e. The maximum absolute atomic E-state index is 14.4. The van der Waals surface area contributed by atoms with Gasteiger partial charge in [0.2, 0.25) is 0 Å². The molecule has 0 aliphatic heterocycles. The number of allylic oxidation sites excluding steroid dienone is 2. The van der Waals surface area contributed by atoms with E-state index in [4.69, 9.17) is 5.26 Å². The van der Waals surface area contributed by atoms with Crippen molar-refractivity contribution in [3.63, 3.8) is 0 Å². The largest absolute Gasteiger partial charge is 0.206 e. The molecule has 24 heavy (non-hydrogen) atoms. The molecule has 0 aromatic heterocycles. The highest BCUT2D eigenvalue weighted by molar-refractivity contribution is 5.72. The third-order valence-corrected chi connectivity index (χ3v) is 4.36. The second-order valence-electron chi connectivity index (χ2n) is 5.97. The Morgan fingerprint density at radius 3 is 2.46 bits per heavy atom. The lowest BCUT2D eigenvalue weighted by Gasteiger charge is -2.19. The Labute approximate surface area is 139 Å². The highest BCUT2D eigenvalue weighted by Gasteiger charge is 2.22. The van der Waals surface area contributed by atoms with Crippen LogP contribution in [0.5, 0.6) is 0 Å². The minimum absolute atomic E-state index is 0.00752. The van der Waals surface area contributed by atoms with Gasteiger partial charge in [0, 0.05) is 5.56 Å². The molecule has 1 aliphatic rings. The van der Waals surface area contributed by atoms with Gasteiger partial charge in [-0.15, -0.1) is 0 Å². The minimum Gasteiger partial charge on any atom is -0.206 e. The Morgan fingerprint density at radius 2 is 1.83 bits per heavy atom. The Morgan fingerprint density at radius 1 is 1.12 bits per heavy atom. The van der Waals surface area contributed by atoms with Gasteiger partial charge in [0.25, 0.3) is 0 Å². The third kappa shape index (κ3) is 2.82. The van der Waals surface area contributed by atoms with Gasteiger partial charge in [0.15, 0.2) is 0 Å². The predicted molar refractivity (Wildman–Crippen MR) is 86.9 cm³/mol. The first-order valence-corrected chi connectivity index (χ1v) is 7.92. The second kappa shape index (κ2) is 6.52. The van der Waals surface area contributed by atoms with Crippen LogP contribution in [0.25, 0.3) is 5.57 Å². The summed E-state index contributed by atoms with van der Waals surface area (Å²) in [4.78, 5) is 0. The zero-order chi connectivity index (χ0) is 17.3. The van der Waals surface area contributed by atoms with E-state index in [1.54, 1.807) is 12.1 Å². The van der Waals surface area contributed by atoms with Crippen LogP contribution in [0.4, 0.5) is 13.2 Å². The molecule has 0 N–H and O–H groups in total. The van der Waals surface area contributed by atoms with Gasteiger partial charge in [-0.25, -0.2) is 13.2 Å². The molecule has 0 unspecified atom stereocenters. The van der Waals surface area contributed by atoms with E-state index in [0.717, 1.165) is 6.42 Å². The van der Waals surface area contributed by atoms with Gasteiger partial charge in [-0.05, 0) is 59.7 Å². The molecule has 0 saturated heterocycles. The van der Waals surface area contributed by atoms with Crippen molar-refractivity contribution in [3.05, 3.63) is 75.6 Å². The highest BCUT2D eigenvalue weighted by atomic mass is 19.1. The van der Waals surface area contributed by atoms with Crippen molar-refractivity contribution in [2.75, 3.05) is 0 Å². The van der Waals surface area contributed by atoms with Gasteiger partial charge in [-0.3, -0.25) is 0 Å². The van der Waals surface area contributed by atoms with Gasteiger partial charge in [-0.2, -0.15) is 5.26 Å². The lowest BCUT2D eigenvalue weighted by molar-refractivity contribution is 0.571. The maximum Gasteiger partial charge on any atom is 0.144 e. The topological polar surface area (TPSA) is 23.8 Å². The number of fused-ring (bicyclic) bond motifs is 1. The Balaban J connectivity index is 1.99. The van der Waals surface area contributed by atoms with Gasteiger partial charge < -0.3 is 0 Å². The van der Waals surface area contributed by atoms with E-state index < -0.39 is 17.5 Å². The van der Waals surface area contributed by atoms with Crippen molar-refractivity contribution in [3.8, 4) is 6.07 Å². The van der Waals surface area contributed by atoms with Crippen molar-refractivity contribution in [2.24, 2.45) is 0 Å². The standard InChI is InChI=1S/C20H16F3N/c1-2-3-12-8-17(21)19(18(22)9-12)14-6-7-16-13(10-14)4-5-15(11-24)20(16)23/h4-6,8-9H,2-3,7,10H2,1H3. The van der Waals surface area contributed by atoms with Gasteiger partial charge in [0.1, 0.15) is 23.5 Å². The van der Waals surface area contributed by atoms with Crippen LogP contribution in [0.2, 0.25) is 0 Å². The van der Waals surface area contributed by atoms with E-state index in [-0.39, 0.29) is 24.0 Å². The Kier molecular flexibility index (Phi) is 4.44. The van der Waals surface area contributed by atoms with Crippen molar-refractivity contribution < 1.29 is 13.2 Å². The van der Waals surface area contributed by atoms with Gasteiger partial charge in [-0.1, -0.05) is 25.5 Å². The van der Waals surface area contributed by atoms with Crippen LogP contribution in [-0.4, -0.2) is 0 Å². The van der Waals surface area contributed by atoms with Crippen LogP contribution >= 0.6 is 0 Å². The molecule has 4 heteroatoms. The van der Waals surface area contributed by atoms with E-state index in [1.807, 2.05) is 13.0 Å². The first kappa shape index (κ1) is 16.3. The molecule has 0 amide bonds. The van der Waals surface area contributed by atoms with Crippen molar-refractivity contribution in [1.82, 2.24) is 0 Å². The molecular formula is C20H16F3N. The minimum atomic E-state index is -0.581. The number of rotatable bonds is 3. The zero-order valence-electron chi connectivity index (χ0n) is 13.3. The summed E-state index contributed by atoms with van der Waals surface area (Å²) in [6.45, 7) is 1.95. The number of hydrogen-bond acceptors (Lipinski definition) is 1. The van der Waals surface area contributed by atoms with Crippen LogP contribution in [0.15, 0.2) is 30.3 Å². The highest BCUT2D eigenvalue weighted by Crippen LogP contribution is 2.33. The first-order chi connectivity index (χ1) is 11.5. The summed E-state index contributed by atoms with van der Waals surface area (Å²) in [7, 11) is 0. The predicted octanol–water partition coefficient (Wildman–Crippen LogP) is 5.11. The molecule has 1 aliphatic carbocycles. The van der Waals surface area contributed by atoms with Crippen LogP contribution in [0.1, 0.15) is 41.2 Å². The molecule has 2 aromatic rings. The summed E-state index contributed by atoms with van der Waals surface area (Å²) in [6.07, 6.45) is 3.56. The van der Waals surface area contributed by atoms with Crippen molar-refractivity contribution >= 4 is 5.57 Å². The molecule has 0 heterocycles. The number of nitrogens with zero attached hydrogens (tertiary/aromatic N) is 1. The third-order valence-electron chi connectivity index (χ3n) is 4.36. The molecule has 3 rings (SSSR count). The fraction of sp³-hybridized carbons (Fsp3) is 0.250. The summed E-state index contributed by atoms with van der Waals surface area (Å²) in [6, 6.07) is 7.62. The molecule has 122 valence electrons. The van der Waals surface area contributed by atoms with Crippen LogP contribution < -0.4 is 0 Å². The molecule has 0 atom stereocenters. The maximum atomic E-state index is 14.4. The Hall–Kier alpha value is -2.54. The normalized spacial score (nSPS) is 13.2. The molecule has 0 spiro atoms. The molecule has 0 bridgehead atoms. The van der Waals surface area contributed by atoms with Crippen LogP contribution in [-0.2, 0) is 19.3 Å². The first-order valence-electron chi connectivity index (χ1n) is 7.92. The number of benzene rings is 2. The summed E-state index contributed by atoms with van der Waals surface area (Å²) >= 11 is 0.